The first-order chi connectivity index (χ1) is 11.7. The third kappa shape index (κ3) is 2.81. The van der Waals surface area contributed by atoms with Crippen molar-refractivity contribution >= 4 is 37.7 Å². The van der Waals surface area contributed by atoms with E-state index in [9.17, 15) is 4.79 Å². The molecule has 0 aliphatic heterocycles. The summed E-state index contributed by atoms with van der Waals surface area (Å²) in [5, 5.41) is 2.39. The van der Waals surface area contributed by atoms with Crippen molar-refractivity contribution in [2.45, 2.75) is 6.61 Å². The van der Waals surface area contributed by atoms with Crippen LogP contribution < -0.4 is 10.4 Å². The van der Waals surface area contributed by atoms with E-state index in [1.807, 2.05) is 54.6 Å². The lowest BCUT2D eigenvalue weighted by Gasteiger charge is -2.08. The van der Waals surface area contributed by atoms with Gasteiger partial charge < -0.3 is 9.15 Å². The molecule has 4 rings (SSSR count). The Morgan fingerprint density at radius 2 is 1.62 bits per heavy atom. The van der Waals surface area contributed by atoms with Crippen molar-refractivity contribution in [3.8, 4) is 5.75 Å². The molecule has 0 N–H and O–H groups in total. The van der Waals surface area contributed by atoms with Crippen LogP contribution in [0.1, 0.15) is 5.56 Å². The average Bonchev–Trinajstić information content (AvgIpc) is 2.61. The van der Waals surface area contributed by atoms with E-state index in [-0.39, 0.29) is 5.63 Å². The molecule has 0 fully saturated rings. The lowest BCUT2D eigenvalue weighted by molar-refractivity contribution is 0.306. The maximum Gasteiger partial charge on any atom is 0.344 e. The second-order valence-electron chi connectivity index (χ2n) is 5.51. The van der Waals surface area contributed by atoms with Crippen LogP contribution in [0.4, 0.5) is 0 Å². The van der Waals surface area contributed by atoms with Crippen molar-refractivity contribution < 1.29 is 9.15 Å². The smallest absolute Gasteiger partial charge is 0.344 e. The van der Waals surface area contributed by atoms with Gasteiger partial charge in [-0.2, -0.15) is 0 Å². The van der Waals surface area contributed by atoms with E-state index < -0.39 is 0 Å². The first-order valence-corrected chi connectivity index (χ1v) is 8.33. The maximum absolute atomic E-state index is 12.1. The Morgan fingerprint density at radius 1 is 0.875 bits per heavy atom. The van der Waals surface area contributed by atoms with Crippen LogP contribution in [0.15, 0.2) is 80.4 Å². The minimum atomic E-state index is -0.330. The average molecular weight is 381 g/mol. The molecule has 0 radical (unpaired) electrons. The van der Waals surface area contributed by atoms with Crippen LogP contribution in [-0.4, -0.2) is 0 Å². The van der Waals surface area contributed by atoms with Gasteiger partial charge in [-0.25, -0.2) is 4.79 Å². The monoisotopic (exact) mass is 380 g/mol. The molecule has 0 atom stereocenters. The summed E-state index contributed by atoms with van der Waals surface area (Å²) in [6, 6.07) is 21.0. The Hall–Kier alpha value is -2.59. The summed E-state index contributed by atoms with van der Waals surface area (Å²) < 4.78 is 12.3. The molecular formula is C20H13BrO3. The van der Waals surface area contributed by atoms with Crippen molar-refractivity contribution in [2.75, 3.05) is 0 Å². The van der Waals surface area contributed by atoms with Gasteiger partial charge in [-0.15, -0.1) is 0 Å². The zero-order chi connectivity index (χ0) is 16.5. The molecule has 0 saturated carbocycles. The Kier molecular flexibility index (Phi) is 3.82. The number of fused-ring (bicyclic) bond motifs is 3. The van der Waals surface area contributed by atoms with Crippen LogP contribution in [-0.2, 0) is 6.61 Å². The van der Waals surface area contributed by atoms with Crippen LogP contribution in [0.5, 0.6) is 5.75 Å². The van der Waals surface area contributed by atoms with E-state index in [1.165, 1.54) is 0 Å². The van der Waals surface area contributed by atoms with E-state index >= 15 is 0 Å². The predicted octanol–water partition coefficient (Wildman–Crippen LogP) is 5.29. The number of rotatable bonds is 3. The summed E-state index contributed by atoms with van der Waals surface area (Å²) in [5.74, 6) is 0.670. The van der Waals surface area contributed by atoms with Gasteiger partial charge in [0.25, 0.3) is 0 Å². The first-order valence-electron chi connectivity index (χ1n) is 7.53. The molecule has 3 nitrogen and oxygen atoms in total. The number of hydrogen-bond acceptors (Lipinski definition) is 3. The highest BCUT2D eigenvalue weighted by atomic mass is 79.9. The molecule has 24 heavy (non-hydrogen) atoms. The van der Waals surface area contributed by atoms with Crippen LogP contribution >= 0.6 is 15.9 Å². The molecule has 0 spiro atoms. The molecule has 0 amide bonds. The number of ether oxygens (including phenoxy) is 1. The Balaban J connectivity index is 1.69. The molecule has 1 aromatic heterocycles. The second kappa shape index (κ2) is 6.13. The van der Waals surface area contributed by atoms with Gasteiger partial charge >= 0.3 is 5.63 Å². The summed E-state index contributed by atoms with van der Waals surface area (Å²) in [4.78, 5) is 12.1. The minimum Gasteiger partial charge on any atom is -0.489 e. The second-order valence-corrected chi connectivity index (χ2v) is 6.42. The summed E-state index contributed by atoms with van der Waals surface area (Å²) in [6.45, 7) is 0.455. The maximum atomic E-state index is 12.1. The quantitative estimate of drug-likeness (QED) is 0.358. The lowest BCUT2D eigenvalue weighted by atomic mass is 10.1. The molecule has 0 aliphatic carbocycles. The summed E-state index contributed by atoms with van der Waals surface area (Å²) in [6.07, 6.45) is 0. The van der Waals surface area contributed by atoms with E-state index in [0.717, 1.165) is 20.8 Å². The fourth-order valence-corrected chi connectivity index (χ4v) is 2.96. The molecule has 0 saturated heterocycles. The van der Waals surface area contributed by atoms with Crippen molar-refractivity contribution in [3.63, 3.8) is 0 Å². The molecule has 1 heterocycles. The van der Waals surface area contributed by atoms with Crippen molar-refractivity contribution in [1.82, 2.24) is 0 Å². The zero-order valence-electron chi connectivity index (χ0n) is 12.7. The highest BCUT2D eigenvalue weighted by molar-refractivity contribution is 9.10. The fourth-order valence-electron chi connectivity index (χ4n) is 2.70. The highest BCUT2D eigenvalue weighted by Gasteiger charge is 2.08. The first kappa shape index (κ1) is 15.0. The van der Waals surface area contributed by atoms with Gasteiger partial charge in [0.15, 0.2) is 0 Å². The Morgan fingerprint density at radius 3 is 2.42 bits per heavy atom. The molecule has 0 bridgehead atoms. The molecule has 4 aromatic rings. The lowest BCUT2D eigenvalue weighted by Crippen LogP contribution is -2.00. The van der Waals surface area contributed by atoms with Gasteiger partial charge in [-0.3, -0.25) is 0 Å². The van der Waals surface area contributed by atoms with Crippen LogP contribution in [0.2, 0.25) is 0 Å². The Bertz CT molecular complexity index is 1080. The van der Waals surface area contributed by atoms with Gasteiger partial charge in [0, 0.05) is 15.9 Å². The number of halogens is 1. The van der Waals surface area contributed by atoms with E-state index in [2.05, 4.69) is 15.9 Å². The third-order valence-electron chi connectivity index (χ3n) is 3.91. The standard InChI is InChI=1S/C20H13BrO3/c21-14-7-5-13(6-8-14)12-23-15-9-10-17-16-3-1-2-4-18(16)20(22)24-19(17)11-15/h1-11H,12H2. The summed E-state index contributed by atoms with van der Waals surface area (Å²) >= 11 is 3.41. The molecule has 0 unspecified atom stereocenters. The van der Waals surface area contributed by atoms with Gasteiger partial charge in [0.2, 0.25) is 0 Å². The van der Waals surface area contributed by atoms with Crippen molar-refractivity contribution in [3.05, 3.63) is 87.2 Å². The predicted molar refractivity (Wildman–Crippen MR) is 98.5 cm³/mol. The van der Waals surface area contributed by atoms with Crippen molar-refractivity contribution in [1.29, 1.82) is 0 Å². The molecule has 3 aromatic carbocycles. The normalized spacial score (nSPS) is 11.0. The largest absolute Gasteiger partial charge is 0.489 e. The van der Waals surface area contributed by atoms with Gasteiger partial charge in [-0.05, 0) is 41.3 Å². The minimum absolute atomic E-state index is 0.330. The zero-order valence-corrected chi connectivity index (χ0v) is 14.2. The Labute approximate surface area is 146 Å². The topological polar surface area (TPSA) is 39.4 Å². The fraction of sp³-hybridized carbons (Fsp3) is 0.0500. The summed E-state index contributed by atoms with van der Waals surface area (Å²) in [5.41, 5.74) is 1.27. The number of hydrogen-bond donors (Lipinski definition) is 0. The van der Waals surface area contributed by atoms with Crippen molar-refractivity contribution in [2.24, 2.45) is 0 Å². The highest BCUT2D eigenvalue weighted by Crippen LogP contribution is 2.26. The van der Waals surface area contributed by atoms with Gasteiger partial charge in [-0.1, -0.05) is 46.3 Å². The van der Waals surface area contributed by atoms with Crippen LogP contribution in [0.3, 0.4) is 0 Å². The van der Waals surface area contributed by atoms with Gasteiger partial charge in [0.1, 0.15) is 17.9 Å². The summed E-state index contributed by atoms with van der Waals surface area (Å²) in [7, 11) is 0. The molecule has 0 aliphatic rings. The van der Waals surface area contributed by atoms with Gasteiger partial charge in [0.05, 0.1) is 5.39 Å². The van der Waals surface area contributed by atoms with Crippen LogP contribution in [0.25, 0.3) is 21.7 Å². The van der Waals surface area contributed by atoms with E-state index in [0.29, 0.717) is 23.3 Å². The molecule has 118 valence electrons. The SMILES string of the molecule is O=c1oc2cc(OCc3ccc(Br)cc3)ccc2c2ccccc12. The van der Waals surface area contributed by atoms with E-state index in [1.54, 1.807) is 12.1 Å². The van der Waals surface area contributed by atoms with E-state index in [4.69, 9.17) is 9.15 Å². The number of benzene rings is 3. The van der Waals surface area contributed by atoms with Crippen LogP contribution in [0, 0.1) is 0 Å². The third-order valence-corrected chi connectivity index (χ3v) is 4.44. The molecule has 4 heteroatoms. The molecular weight excluding hydrogens is 368 g/mol.